The molecule has 0 spiro atoms. The SMILES string of the molecule is COc1ccc(C2(C(=O)N3CCCN3C(=O)c3cnc(C)cn3)CC2)cc1. The minimum Gasteiger partial charge on any atom is -0.497 e. The Morgan fingerprint density at radius 2 is 1.74 bits per heavy atom. The van der Waals surface area contributed by atoms with E-state index in [0.29, 0.717) is 13.1 Å². The summed E-state index contributed by atoms with van der Waals surface area (Å²) >= 11 is 0. The third kappa shape index (κ3) is 3.03. The van der Waals surface area contributed by atoms with Crippen molar-refractivity contribution in [2.24, 2.45) is 0 Å². The third-order valence-electron chi connectivity index (χ3n) is 5.30. The van der Waals surface area contributed by atoms with E-state index in [1.54, 1.807) is 18.3 Å². The first-order valence-corrected chi connectivity index (χ1v) is 9.12. The number of nitrogens with zero attached hydrogens (tertiary/aromatic N) is 4. The molecule has 1 aliphatic carbocycles. The molecule has 4 rings (SSSR count). The molecule has 0 bridgehead atoms. The van der Waals surface area contributed by atoms with Gasteiger partial charge in [0, 0.05) is 19.3 Å². The van der Waals surface area contributed by atoms with Crippen LogP contribution >= 0.6 is 0 Å². The second-order valence-corrected chi connectivity index (χ2v) is 7.06. The number of methoxy groups -OCH3 is 1. The van der Waals surface area contributed by atoms with Gasteiger partial charge in [0.05, 0.1) is 24.4 Å². The highest BCUT2D eigenvalue weighted by Gasteiger charge is 2.55. The Morgan fingerprint density at radius 3 is 2.33 bits per heavy atom. The molecule has 2 fully saturated rings. The van der Waals surface area contributed by atoms with Crippen LogP contribution in [0.4, 0.5) is 0 Å². The van der Waals surface area contributed by atoms with E-state index in [-0.39, 0.29) is 17.5 Å². The van der Waals surface area contributed by atoms with Crippen LogP contribution in [-0.2, 0) is 10.2 Å². The van der Waals surface area contributed by atoms with Crippen LogP contribution in [0.3, 0.4) is 0 Å². The van der Waals surface area contributed by atoms with Gasteiger partial charge in [-0.15, -0.1) is 0 Å². The first-order valence-electron chi connectivity index (χ1n) is 9.12. The van der Waals surface area contributed by atoms with Crippen molar-refractivity contribution in [3.05, 3.63) is 53.6 Å². The Labute approximate surface area is 157 Å². The summed E-state index contributed by atoms with van der Waals surface area (Å²) in [5.41, 5.74) is 1.45. The van der Waals surface area contributed by atoms with Gasteiger partial charge in [-0.2, -0.15) is 0 Å². The van der Waals surface area contributed by atoms with E-state index < -0.39 is 5.41 Å². The highest BCUT2D eigenvalue weighted by atomic mass is 16.5. The molecule has 140 valence electrons. The molecule has 1 aromatic heterocycles. The molecule has 2 aliphatic rings. The number of hydrogen-bond acceptors (Lipinski definition) is 5. The fraction of sp³-hybridized carbons (Fsp3) is 0.400. The quantitative estimate of drug-likeness (QED) is 0.828. The zero-order chi connectivity index (χ0) is 19.0. The topological polar surface area (TPSA) is 75.6 Å². The molecule has 2 aromatic rings. The number of benzene rings is 1. The first-order chi connectivity index (χ1) is 13.0. The molecule has 0 unspecified atom stereocenters. The average molecular weight is 366 g/mol. The highest BCUT2D eigenvalue weighted by Crippen LogP contribution is 2.50. The van der Waals surface area contributed by atoms with Gasteiger partial charge in [-0.1, -0.05) is 12.1 Å². The molecule has 0 atom stereocenters. The molecule has 1 aliphatic heterocycles. The third-order valence-corrected chi connectivity index (χ3v) is 5.30. The van der Waals surface area contributed by atoms with Gasteiger partial charge in [0.25, 0.3) is 11.8 Å². The van der Waals surface area contributed by atoms with Crippen molar-refractivity contribution in [3.8, 4) is 5.75 Å². The molecule has 1 saturated carbocycles. The van der Waals surface area contributed by atoms with Gasteiger partial charge < -0.3 is 4.74 Å². The number of ether oxygens (including phenoxy) is 1. The second-order valence-electron chi connectivity index (χ2n) is 7.06. The number of aryl methyl sites for hydroxylation is 1. The predicted molar refractivity (Wildman–Crippen MR) is 98.0 cm³/mol. The van der Waals surface area contributed by atoms with Crippen LogP contribution in [-0.4, -0.2) is 52.0 Å². The molecule has 1 saturated heterocycles. The van der Waals surface area contributed by atoms with E-state index >= 15 is 0 Å². The predicted octanol–water partition coefficient (Wildman–Crippen LogP) is 2.11. The van der Waals surface area contributed by atoms with Crippen LogP contribution in [0.5, 0.6) is 5.75 Å². The van der Waals surface area contributed by atoms with Crippen molar-refractivity contribution in [2.75, 3.05) is 20.2 Å². The maximum absolute atomic E-state index is 13.3. The zero-order valence-corrected chi connectivity index (χ0v) is 15.5. The van der Waals surface area contributed by atoms with Gasteiger partial charge in [0.15, 0.2) is 0 Å². The Balaban J connectivity index is 1.57. The van der Waals surface area contributed by atoms with E-state index in [4.69, 9.17) is 4.74 Å². The summed E-state index contributed by atoms with van der Waals surface area (Å²) in [4.78, 5) is 34.5. The van der Waals surface area contributed by atoms with Gasteiger partial charge in [0.2, 0.25) is 0 Å². The smallest absolute Gasteiger partial charge is 0.292 e. The Kier molecular flexibility index (Phi) is 4.30. The number of hydrazine groups is 1. The summed E-state index contributed by atoms with van der Waals surface area (Å²) in [7, 11) is 1.62. The van der Waals surface area contributed by atoms with Gasteiger partial charge in [-0.25, -0.2) is 9.99 Å². The molecule has 1 aromatic carbocycles. The van der Waals surface area contributed by atoms with Crippen molar-refractivity contribution >= 4 is 11.8 Å². The summed E-state index contributed by atoms with van der Waals surface area (Å²) < 4.78 is 5.21. The molecule has 2 amide bonds. The molecule has 0 radical (unpaired) electrons. The summed E-state index contributed by atoms with van der Waals surface area (Å²) in [5, 5.41) is 3.12. The maximum atomic E-state index is 13.3. The van der Waals surface area contributed by atoms with Gasteiger partial charge >= 0.3 is 0 Å². The lowest BCUT2D eigenvalue weighted by atomic mass is 9.94. The van der Waals surface area contributed by atoms with Crippen LogP contribution in [0.1, 0.15) is 41.0 Å². The van der Waals surface area contributed by atoms with Gasteiger partial charge in [0.1, 0.15) is 11.4 Å². The number of carbonyl (C=O) groups is 2. The van der Waals surface area contributed by atoms with Crippen molar-refractivity contribution < 1.29 is 14.3 Å². The van der Waals surface area contributed by atoms with Gasteiger partial charge in [-0.05, 0) is 43.9 Å². The Hall–Kier alpha value is -2.96. The molecule has 27 heavy (non-hydrogen) atoms. The maximum Gasteiger partial charge on any atom is 0.292 e. The van der Waals surface area contributed by atoms with E-state index in [2.05, 4.69) is 9.97 Å². The van der Waals surface area contributed by atoms with Crippen molar-refractivity contribution in [3.63, 3.8) is 0 Å². The minimum absolute atomic E-state index is 0.0152. The largest absolute Gasteiger partial charge is 0.497 e. The number of amides is 2. The van der Waals surface area contributed by atoms with Crippen molar-refractivity contribution in [1.82, 2.24) is 20.0 Å². The molecule has 7 nitrogen and oxygen atoms in total. The minimum atomic E-state index is -0.534. The van der Waals surface area contributed by atoms with Crippen LogP contribution in [0.2, 0.25) is 0 Å². The standard InChI is InChI=1S/C20H22N4O3/c1-14-12-22-17(13-21-14)18(25)23-10-3-11-24(23)19(26)20(8-9-20)15-4-6-16(27-2)7-5-15/h4-7,12-13H,3,8-11H2,1-2H3. The fourth-order valence-electron chi connectivity index (χ4n) is 3.58. The van der Waals surface area contributed by atoms with Crippen LogP contribution in [0.15, 0.2) is 36.7 Å². The summed E-state index contributed by atoms with van der Waals surface area (Å²) in [6.45, 7) is 2.87. The summed E-state index contributed by atoms with van der Waals surface area (Å²) in [6.07, 6.45) is 5.38. The summed E-state index contributed by atoms with van der Waals surface area (Å²) in [5.74, 6) is 0.468. The van der Waals surface area contributed by atoms with Crippen molar-refractivity contribution in [1.29, 1.82) is 0 Å². The Bertz CT molecular complexity index is 860. The lowest BCUT2D eigenvalue weighted by Gasteiger charge is -2.31. The number of hydrogen-bond donors (Lipinski definition) is 0. The Morgan fingerprint density at radius 1 is 1.04 bits per heavy atom. The van der Waals surface area contributed by atoms with Gasteiger partial charge in [-0.3, -0.25) is 19.6 Å². The van der Waals surface area contributed by atoms with E-state index in [9.17, 15) is 9.59 Å². The fourth-order valence-corrected chi connectivity index (χ4v) is 3.58. The number of carbonyl (C=O) groups excluding carboxylic acids is 2. The van der Waals surface area contributed by atoms with Crippen LogP contribution < -0.4 is 4.74 Å². The normalized spacial score (nSPS) is 17.7. The lowest BCUT2D eigenvalue weighted by Crippen LogP contribution is -2.49. The number of rotatable bonds is 4. The van der Waals surface area contributed by atoms with E-state index in [0.717, 1.165) is 36.3 Å². The second kappa shape index (κ2) is 6.64. The zero-order valence-electron chi connectivity index (χ0n) is 15.5. The van der Waals surface area contributed by atoms with Crippen LogP contribution in [0.25, 0.3) is 0 Å². The molecule has 7 heteroatoms. The van der Waals surface area contributed by atoms with Crippen LogP contribution in [0, 0.1) is 6.92 Å². The van der Waals surface area contributed by atoms with Crippen molar-refractivity contribution in [2.45, 2.75) is 31.6 Å². The lowest BCUT2D eigenvalue weighted by molar-refractivity contribution is -0.143. The number of aromatic nitrogens is 2. The molecule has 2 heterocycles. The first kappa shape index (κ1) is 17.5. The van der Waals surface area contributed by atoms with E-state index in [1.165, 1.54) is 11.2 Å². The molecule has 0 N–H and O–H groups in total. The van der Waals surface area contributed by atoms with E-state index in [1.807, 2.05) is 31.2 Å². The summed E-state index contributed by atoms with van der Waals surface area (Å²) in [6, 6.07) is 7.63. The molecular weight excluding hydrogens is 344 g/mol. The average Bonchev–Trinajstić information content (AvgIpc) is 3.37. The highest BCUT2D eigenvalue weighted by molar-refractivity contribution is 5.97. The molecular formula is C20H22N4O3. The monoisotopic (exact) mass is 366 g/mol.